The molecule has 8 heteroatoms. The second kappa shape index (κ2) is 12.0. The molecule has 0 aliphatic heterocycles. The predicted molar refractivity (Wildman–Crippen MR) is 103 cm³/mol. The van der Waals surface area contributed by atoms with Crippen LogP contribution in [0.1, 0.15) is 31.2 Å². The van der Waals surface area contributed by atoms with Crippen LogP contribution in [-0.4, -0.2) is 51.3 Å². The fraction of sp³-hybridized carbons (Fsp3) is 0.500. The topological polar surface area (TPSA) is 92.7 Å². The van der Waals surface area contributed by atoms with Crippen molar-refractivity contribution in [1.29, 1.82) is 0 Å². The first kappa shape index (κ1) is 22.5. The van der Waals surface area contributed by atoms with E-state index in [1.54, 1.807) is 12.1 Å². The van der Waals surface area contributed by atoms with E-state index in [4.69, 9.17) is 5.11 Å². The number of aliphatic hydroxyl groups is 1. The van der Waals surface area contributed by atoms with Crippen LogP contribution in [0.25, 0.3) is 0 Å². The minimum absolute atomic E-state index is 0.0707. The van der Waals surface area contributed by atoms with E-state index >= 15 is 0 Å². The number of nitrogens with one attached hydrogen (secondary N) is 1. The SMILES string of the molecule is COC(=O)[C@@H](CCSC)NS(=O)(=O)c1ccc(C#CCCCCO)cc1. The van der Waals surface area contributed by atoms with Crippen molar-refractivity contribution in [3.8, 4) is 11.8 Å². The van der Waals surface area contributed by atoms with Gasteiger partial charge in [0.05, 0.1) is 12.0 Å². The molecule has 1 aromatic carbocycles. The molecule has 1 rings (SSSR count). The molecule has 0 radical (unpaired) electrons. The lowest BCUT2D eigenvalue weighted by Crippen LogP contribution is -2.41. The lowest BCUT2D eigenvalue weighted by molar-refractivity contribution is -0.142. The average molecular weight is 400 g/mol. The van der Waals surface area contributed by atoms with Crippen molar-refractivity contribution < 1.29 is 23.1 Å². The Morgan fingerprint density at radius 1 is 1.31 bits per heavy atom. The number of rotatable bonds is 10. The Morgan fingerprint density at radius 2 is 2.00 bits per heavy atom. The normalized spacial score (nSPS) is 12.1. The first-order valence-electron chi connectivity index (χ1n) is 8.23. The molecule has 144 valence electrons. The van der Waals surface area contributed by atoms with Gasteiger partial charge in [-0.25, -0.2) is 8.42 Å². The van der Waals surface area contributed by atoms with Gasteiger partial charge in [-0.05, 0) is 55.5 Å². The number of carbonyl (C=O) groups is 1. The summed E-state index contributed by atoms with van der Waals surface area (Å²) in [5, 5.41) is 8.71. The lowest BCUT2D eigenvalue weighted by Gasteiger charge is -2.16. The molecule has 0 spiro atoms. The lowest BCUT2D eigenvalue weighted by atomic mass is 10.2. The highest BCUT2D eigenvalue weighted by Crippen LogP contribution is 2.13. The second-order valence-electron chi connectivity index (χ2n) is 5.49. The first-order valence-corrected chi connectivity index (χ1v) is 11.1. The smallest absolute Gasteiger partial charge is 0.323 e. The van der Waals surface area contributed by atoms with E-state index in [1.807, 2.05) is 6.26 Å². The van der Waals surface area contributed by atoms with Crippen molar-refractivity contribution in [3.63, 3.8) is 0 Å². The van der Waals surface area contributed by atoms with Crippen molar-refractivity contribution >= 4 is 27.8 Å². The fourth-order valence-corrected chi connectivity index (χ4v) is 3.76. The molecule has 0 amide bonds. The Labute approximate surface area is 159 Å². The van der Waals surface area contributed by atoms with Gasteiger partial charge in [0.25, 0.3) is 0 Å². The highest BCUT2D eigenvalue weighted by Gasteiger charge is 2.25. The number of thioether (sulfide) groups is 1. The Balaban J connectivity index is 2.80. The van der Waals surface area contributed by atoms with Crippen LogP contribution in [0.4, 0.5) is 0 Å². The molecule has 1 aromatic rings. The van der Waals surface area contributed by atoms with E-state index in [0.717, 1.165) is 12.8 Å². The van der Waals surface area contributed by atoms with Crippen molar-refractivity contribution in [2.24, 2.45) is 0 Å². The van der Waals surface area contributed by atoms with Crippen LogP contribution in [0.5, 0.6) is 0 Å². The molecule has 0 fully saturated rings. The summed E-state index contributed by atoms with van der Waals surface area (Å²) in [6.45, 7) is 0.157. The summed E-state index contributed by atoms with van der Waals surface area (Å²) in [4.78, 5) is 11.9. The van der Waals surface area contributed by atoms with Gasteiger partial charge in [0.1, 0.15) is 6.04 Å². The Morgan fingerprint density at radius 3 is 2.58 bits per heavy atom. The van der Waals surface area contributed by atoms with Crippen molar-refractivity contribution in [2.75, 3.05) is 25.7 Å². The highest BCUT2D eigenvalue weighted by atomic mass is 32.2. The number of benzene rings is 1. The van der Waals surface area contributed by atoms with Crippen LogP contribution >= 0.6 is 11.8 Å². The van der Waals surface area contributed by atoms with Crippen molar-refractivity contribution in [3.05, 3.63) is 29.8 Å². The number of hydrogen-bond donors (Lipinski definition) is 2. The van der Waals surface area contributed by atoms with Gasteiger partial charge < -0.3 is 9.84 Å². The third-order valence-electron chi connectivity index (χ3n) is 3.50. The van der Waals surface area contributed by atoms with Crippen LogP contribution in [0, 0.1) is 11.8 Å². The van der Waals surface area contributed by atoms with Crippen LogP contribution < -0.4 is 4.72 Å². The zero-order chi connectivity index (χ0) is 19.4. The number of methoxy groups -OCH3 is 1. The number of aliphatic hydroxyl groups excluding tert-OH is 1. The summed E-state index contributed by atoms with van der Waals surface area (Å²) >= 11 is 1.52. The molecule has 0 saturated heterocycles. The second-order valence-corrected chi connectivity index (χ2v) is 8.18. The first-order chi connectivity index (χ1) is 12.4. The zero-order valence-corrected chi connectivity index (χ0v) is 16.7. The number of esters is 1. The Kier molecular flexibility index (Phi) is 10.4. The summed E-state index contributed by atoms with van der Waals surface area (Å²) < 4.78 is 32.0. The minimum Gasteiger partial charge on any atom is -0.468 e. The van der Waals surface area contributed by atoms with E-state index in [2.05, 4.69) is 21.3 Å². The highest BCUT2D eigenvalue weighted by molar-refractivity contribution is 7.98. The standard InChI is InChI=1S/C18H25NO5S2/c1-24-18(21)17(12-14-25-2)19-26(22,23)16-10-8-15(9-11-16)7-5-3-4-6-13-20/h8-11,17,19-20H,3-4,6,12-14H2,1-2H3/t17-/m1/s1. The number of ether oxygens (including phenoxy) is 1. The monoisotopic (exact) mass is 399 g/mol. The third-order valence-corrected chi connectivity index (χ3v) is 5.63. The van der Waals surface area contributed by atoms with E-state index in [9.17, 15) is 13.2 Å². The van der Waals surface area contributed by atoms with Gasteiger partial charge in [0, 0.05) is 18.6 Å². The maximum absolute atomic E-state index is 12.5. The summed E-state index contributed by atoms with van der Waals surface area (Å²) in [5.74, 6) is 5.97. The van der Waals surface area contributed by atoms with Crippen LogP contribution in [0.2, 0.25) is 0 Å². The molecule has 0 bridgehead atoms. The van der Waals surface area contributed by atoms with E-state index < -0.39 is 22.0 Å². The predicted octanol–water partition coefficient (Wildman–Crippen LogP) is 1.77. The van der Waals surface area contributed by atoms with E-state index in [1.165, 1.54) is 31.0 Å². The molecule has 0 aliphatic carbocycles. The molecule has 0 heterocycles. The van der Waals surface area contributed by atoms with Crippen molar-refractivity contribution in [1.82, 2.24) is 4.72 Å². The molecular weight excluding hydrogens is 374 g/mol. The van der Waals surface area contributed by atoms with Crippen LogP contribution in [0.3, 0.4) is 0 Å². The van der Waals surface area contributed by atoms with Crippen LogP contribution in [-0.2, 0) is 19.6 Å². The molecule has 0 unspecified atom stereocenters. The quantitative estimate of drug-likeness (QED) is 0.354. The van der Waals surface area contributed by atoms with Gasteiger partial charge in [-0.15, -0.1) is 0 Å². The zero-order valence-electron chi connectivity index (χ0n) is 15.0. The van der Waals surface area contributed by atoms with Gasteiger partial charge in [0.15, 0.2) is 0 Å². The van der Waals surface area contributed by atoms with E-state index in [-0.39, 0.29) is 11.5 Å². The number of hydrogen-bond acceptors (Lipinski definition) is 6. The largest absolute Gasteiger partial charge is 0.468 e. The molecule has 6 nitrogen and oxygen atoms in total. The van der Waals surface area contributed by atoms with Gasteiger partial charge in [-0.1, -0.05) is 11.8 Å². The third kappa shape index (κ3) is 7.79. The van der Waals surface area contributed by atoms with Gasteiger partial charge in [0.2, 0.25) is 10.0 Å². The molecule has 2 N–H and O–H groups in total. The van der Waals surface area contributed by atoms with E-state index in [0.29, 0.717) is 24.2 Å². The average Bonchev–Trinajstić information content (AvgIpc) is 2.64. The molecule has 0 aromatic heterocycles. The van der Waals surface area contributed by atoms with Gasteiger partial charge >= 0.3 is 5.97 Å². The molecular formula is C18H25NO5S2. The number of unbranched alkanes of at least 4 members (excludes halogenated alkanes) is 2. The summed E-state index contributed by atoms with van der Waals surface area (Å²) in [7, 11) is -2.60. The summed E-state index contributed by atoms with van der Waals surface area (Å²) in [6.07, 6.45) is 4.45. The maximum Gasteiger partial charge on any atom is 0.323 e. The fourth-order valence-electron chi connectivity index (χ4n) is 2.07. The minimum atomic E-state index is -3.83. The Bertz CT molecular complexity index is 720. The van der Waals surface area contributed by atoms with Crippen molar-refractivity contribution in [2.45, 2.75) is 36.6 Å². The molecule has 26 heavy (non-hydrogen) atoms. The Hall–Kier alpha value is -1.53. The van der Waals surface area contributed by atoms with Gasteiger partial charge in [-0.2, -0.15) is 16.5 Å². The summed E-state index contributed by atoms with van der Waals surface area (Å²) in [6, 6.07) is 5.26. The molecule has 1 atom stereocenters. The maximum atomic E-state index is 12.5. The van der Waals surface area contributed by atoms with Gasteiger partial charge in [-0.3, -0.25) is 4.79 Å². The number of carbonyl (C=O) groups excluding carboxylic acids is 1. The summed E-state index contributed by atoms with van der Waals surface area (Å²) in [5.41, 5.74) is 0.708. The molecule has 0 aliphatic rings. The molecule has 0 saturated carbocycles. The van der Waals surface area contributed by atoms with Crippen LogP contribution in [0.15, 0.2) is 29.2 Å². The number of sulfonamides is 1.